The van der Waals surface area contributed by atoms with Crippen molar-refractivity contribution in [3.8, 4) is 0 Å². The Balaban J connectivity index is 1.24. The number of ether oxygens (including phenoxy) is 2. The summed E-state index contributed by atoms with van der Waals surface area (Å²) in [6.45, 7) is 4.83. The zero-order valence-corrected chi connectivity index (χ0v) is 31.3. The van der Waals surface area contributed by atoms with Gasteiger partial charge in [0, 0.05) is 32.0 Å². The van der Waals surface area contributed by atoms with E-state index in [9.17, 15) is 32.4 Å². The summed E-state index contributed by atoms with van der Waals surface area (Å²) < 4.78 is 39.4. The Morgan fingerprint density at radius 1 is 1.09 bits per heavy atom. The molecule has 0 spiro atoms. The van der Waals surface area contributed by atoms with Gasteiger partial charge in [-0.25, -0.2) is 18.0 Å². The first-order valence-corrected chi connectivity index (χ1v) is 20.5. The Bertz CT molecular complexity index is 1700. The first-order chi connectivity index (χ1) is 25.4. The molecule has 0 bridgehead atoms. The lowest BCUT2D eigenvalue weighted by Crippen LogP contribution is -2.59. The summed E-state index contributed by atoms with van der Waals surface area (Å²) in [4.78, 5) is 71.9. The summed E-state index contributed by atoms with van der Waals surface area (Å²) in [5.74, 6) is -2.47. The minimum absolute atomic E-state index is 0.0462. The lowest BCUT2D eigenvalue weighted by molar-refractivity contribution is -0.141. The fraction of sp³-hybridized carbons (Fsp3) is 0.649. The maximum atomic E-state index is 14.4. The van der Waals surface area contributed by atoms with E-state index in [-0.39, 0.29) is 31.8 Å². The lowest BCUT2D eigenvalue weighted by Gasteiger charge is -2.30. The molecule has 0 radical (unpaired) electrons. The number of carbonyl (C=O) groups excluding carboxylic acids is 5. The van der Waals surface area contributed by atoms with Crippen LogP contribution in [0.3, 0.4) is 0 Å². The van der Waals surface area contributed by atoms with E-state index in [0.29, 0.717) is 58.4 Å². The fourth-order valence-electron chi connectivity index (χ4n) is 7.61. The van der Waals surface area contributed by atoms with Crippen LogP contribution in [0.25, 0.3) is 0 Å². The average Bonchev–Trinajstić information content (AvgIpc) is 3.41. The molecule has 6 amide bonds. The Morgan fingerprint density at radius 3 is 2.64 bits per heavy atom. The molecular formula is C37H52N6O9S. The van der Waals surface area contributed by atoms with Crippen molar-refractivity contribution in [1.82, 2.24) is 30.5 Å². The van der Waals surface area contributed by atoms with Gasteiger partial charge in [-0.3, -0.25) is 19.1 Å². The number of benzene rings is 1. The van der Waals surface area contributed by atoms with Crippen molar-refractivity contribution in [3.05, 3.63) is 47.5 Å². The van der Waals surface area contributed by atoms with Crippen molar-refractivity contribution in [2.24, 2.45) is 5.92 Å². The standard InChI is InChI=1S/C37H52N6O9S/c1-3-24(2)53(49,50)41-34(46)37-20-27(37)13-7-5-4-6-8-14-30(39-35(47)38-28-16-18-51-23-28)33(45)43-22-29(19-31(43)32(44)40-37)52-36(48)42-17-15-25-11-9-10-12-26(25)21-42/h7,9-13,24,27-31H,3-6,8,14-23H2,1-2H3,(H,40,44)(H,41,46)(H2,38,39,47)/b13-7-/t24?,27-,28?,29-,30+,31+,37-/m1/s1. The lowest BCUT2D eigenvalue weighted by atomic mass is 10.0. The summed E-state index contributed by atoms with van der Waals surface area (Å²) in [5, 5.41) is 7.70. The maximum absolute atomic E-state index is 14.4. The van der Waals surface area contributed by atoms with Crippen molar-refractivity contribution in [2.75, 3.05) is 26.3 Å². The molecule has 1 aromatic rings. The minimum atomic E-state index is -4.01. The van der Waals surface area contributed by atoms with Gasteiger partial charge in [-0.05, 0) is 63.0 Å². The van der Waals surface area contributed by atoms with Crippen molar-refractivity contribution < 1.29 is 41.9 Å². The normalized spacial score (nSPS) is 30.3. The minimum Gasteiger partial charge on any atom is -0.444 e. The second-order valence-corrected chi connectivity index (χ2v) is 17.1. The molecule has 15 nitrogen and oxygen atoms in total. The highest BCUT2D eigenvalue weighted by atomic mass is 32.2. The van der Waals surface area contributed by atoms with Gasteiger partial charge in [0.25, 0.3) is 5.91 Å². The van der Waals surface area contributed by atoms with Gasteiger partial charge in [0.2, 0.25) is 21.8 Å². The van der Waals surface area contributed by atoms with Gasteiger partial charge in [0.15, 0.2) is 0 Å². The molecule has 4 heterocycles. The van der Waals surface area contributed by atoms with Crippen LogP contribution in [-0.4, -0.2) is 109 Å². The Morgan fingerprint density at radius 2 is 1.89 bits per heavy atom. The fourth-order valence-corrected chi connectivity index (χ4v) is 8.69. The van der Waals surface area contributed by atoms with Gasteiger partial charge < -0.3 is 35.2 Å². The molecule has 5 aliphatic rings. The van der Waals surface area contributed by atoms with Crippen molar-refractivity contribution in [3.63, 3.8) is 0 Å². The van der Waals surface area contributed by atoms with Crippen LogP contribution in [0.4, 0.5) is 9.59 Å². The molecule has 0 aromatic heterocycles. The van der Waals surface area contributed by atoms with E-state index >= 15 is 0 Å². The highest BCUT2D eigenvalue weighted by molar-refractivity contribution is 7.90. The summed E-state index contributed by atoms with van der Waals surface area (Å²) in [6, 6.07) is 5.02. The summed E-state index contributed by atoms with van der Waals surface area (Å²) in [7, 11) is -4.01. The molecule has 2 saturated heterocycles. The van der Waals surface area contributed by atoms with Gasteiger partial charge >= 0.3 is 12.1 Å². The number of amides is 6. The van der Waals surface area contributed by atoms with E-state index in [1.54, 1.807) is 11.8 Å². The molecule has 3 fully saturated rings. The van der Waals surface area contributed by atoms with Gasteiger partial charge in [-0.1, -0.05) is 56.2 Å². The highest BCUT2D eigenvalue weighted by Gasteiger charge is 2.62. The van der Waals surface area contributed by atoms with Crippen LogP contribution in [0.1, 0.15) is 82.8 Å². The van der Waals surface area contributed by atoms with Crippen LogP contribution in [0.5, 0.6) is 0 Å². The third-order valence-electron chi connectivity index (χ3n) is 11.2. The van der Waals surface area contributed by atoms with Crippen molar-refractivity contribution in [1.29, 1.82) is 0 Å². The molecule has 7 atom stereocenters. The highest BCUT2D eigenvalue weighted by Crippen LogP contribution is 2.46. The number of allylic oxidation sites excluding steroid dienone is 1. The van der Waals surface area contributed by atoms with Crippen molar-refractivity contribution in [2.45, 2.75) is 120 Å². The second kappa shape index (κ2) is 16.5. The Labute approximate surface area is 311 Å². The SMILES string of the molecule is CCC(C)S(=O)(=O)NC(=O)[C@@]12C[C@H]1/C=C\CCCCC[C@H](NC(=O)NC1CCOC1)C(=O)N1C[C@H](OC(=O)N3CCc4ccccc4C3)C[C@H]1C(=O)N2. The number of hydrogen-bond acceptors (Lipinski definition) is 9. The van der Waals surface area contributed by atoms with Crippen LogP contribution in [-0.2, 0) is 46.8 Å². The summed E-state index contributed by atoms with van der Waals surface area (Å²) in [5.41, 5.74) is 0.643. The Hall–Kier alpha value is -4.18. The monoisotopic (exact) mass is 756 g/mol. The number of rotatable bonds is 7. The molecule has 6 rings (SSSR count). The third-order valence-corrected chi connectivity index (χ3v) is 13.1. The molecule has 4 N–H and O–H groups in total. The quantitative estimate of drug-likeness (QED) is 0.302. The molecule has 16 heteroatoms. The molecule has 290 valence electrons. The molecule has 1 saturated carbocycles. The van der Waals surface area contributed by atoms with Gasteiger partial charge in [0.1, 0.15) is 23.7 Å². The molecule has 1 aromatic carbocycles. The van der Waals surface area contributed by atoms with E-state index in [1.807, 2.05) is 36.4 Å². The number of carbonyl (C=O) groups is 5. The molecule has 4 aliphatic heterocycles. The molecule has 1 aliphatic carbocycles. The molecular weight excluding hydrogens is 705 g/mol. The summed E-state index contributed by atoms with van der Waals surface area (Å²) >= 11 is 0. The van der Waals surface area contributed by atoms with Crippen LogP contribution in [0, 0.1) is 5.92 Å². The smallest absolute Gasteiger partial charge is 0.410 e. The number of nitrogens with one attached hydrogen (secondary N) is 4. The maximum Gasteiger partial charge on any atom is 0.410 e. The second-order valence-electron chi connectivity index (χ2n) is 15.0. The third kappa shape index (κ3) is 8.97. The van der Waals surface area contributed by atoms with E-state index in [0.717, 1.165) is 24.0 Å². The van der Waals surface area contributed by atoms with Gasteiger partial charge in [0.05, 0.1) is 24.4 Å². The summed E-state index contributed by atoms with van der Waals surface area (Å²) in [6.07, 6.45) is 7.28. The number of fused-ring (bicyclic) bond motifs is 3. The Kier molecular flexibility index (Phi) is 12.0. The molecule has 53 heavy (non-hydrogen) atoms. The van der Waals surface area contributed by atoms with Crippen LogP contribution in [0.15, 0.2) is 36.4 Å². The first-order valence-electron chi connectivity index (χ1n) is 18.9. The van der Waals surface area contributed by atoms with Crippen LogP contribution < -0.4 is 20.7 Å². The topological polar surface area (TPSA) is 193 Å². The van der Waals surface area contributed by atoms with Gasteiger partial charge in [-0.2, -0.15) is 0 Å². The zero-order valence-electron chi connectivity index (χ0n) is 30.5. The van der Waals surface area contributed by atoms with Crippen LogP contribution in [0.2, 0.25) is 0 Å². The van der Waals surface area contributed by atoms with Gasteiger partial charge in [-0.15, -0.1) is 0 Å². The zero-order chi connectivity index (χ0) is 37.8. The van der Waals surface area contributed by atoms with E-state index < -0.39 is 74.8 Å². The van der Waals surface area contributed by atoms with E-state index in [1.165, 1.54) is 11.8 Å². The number of urea groups is 1. The number of nitrogens with zero attached hydrogens (tertiary/aromatic N) is 2. The predicted octanol–water partition coefficient (Wildman–Crippen LogP) is 2.25. The number of sulfonamides is 1. The first kappa shape index (κ1) is 38.5. The average molecular weight is 757 g/mol. The number of hydrogen-bond donors (Lipinski definition) is 4. The van der Waals surface area contributed by atoms with E-state index in [4.69, 9.17) is 9.47 Å². The predicted molar refractivity (Wildman–Crippen MR) is 194 cm³/mol. The van der Waals surface area contributed by atoms with Crippen molar-refractivity contribution >= 4 is 39.9 Å². The largest absolute Gasteiger partial charge is 0.444 e. The molecule has 2 unspecified atom stereocenters. The van der Waals surface area contributed by atoms with Crippen LogP contribution >= 0.6 is 0 Å². The van der Waals surface area contributed by atoms with E-state index in [2.05, 4.69) is 20.7 Å².